The molecule has 6 amide bonds. The van der Waals surface area contributed by atoms with Crippen LogP contribution < -0.4 is 42.2 Å². The number of nitro groups is 1. The number of nitrogens with two attached hydrogens (primary N) is 1. The molecule has 2 rings (SSSR count). The average molecular weight is 973 g/mol. The SMILES string of the molecule is CC[C@H](C)[C@H](NC(=O)[C@H](CCC(=O)O)NC(=O)[C@H](CCC(=O)O)NC(=O)[C@H](Cc1ccc(OP(=O)(O)O)cc1)NC(=O)CNC(=O)c1ccc([N+](=O)[O-])cc1)C(=O)NCCSSCCN. The summed E-state index contributed by atoms with van der Waals surface area (Å²) in [5, 5.41) is 44.6. The second kappa shape index (κ2) is 28.2. The first-order chi connectivity index (χ1) is 30.6. The summed E-state index contributed by atoms with van der Waals surface area (Å²) in [6.45, 7) is 3.47. The Morgan fingerprint density at radius 1 is 0.769 bits per heavy atom. The van der Waals surface area contributed by atoms with E-state index in [-0.39, 0.29) is 35.5 Å². The fourth-order valence-electron chi connectivity index (χ4n) is 5.58. The summed E-state index contributed by atoms with van der Waals surface area (Å²) in [5.41, 5.74) is 5.42. The molecule has 0 radical (unpaired) electrons. The molecule has 27 heteroatoms. The minimum Gasteiger partial charge on any atom is -0.481 e. The number of hydrogen-bond donors (Lipinski definition) is 11. The van der Waals surface area contributed by atoms with Gasteiger partial charge < -0.3 is 52.4 Å². The van der Waals surface area contributed by atoms with Crippen LogP contribution in [0.15, 0.2) is 48.5 Å². The first-order valence-corrected chi connectivity index (χ1v) is 23.9. The Balaban J connectivity index is 2.37. The number of nitro benzene ring substituents is 1. The minimum atomic E-state index is -4.94. The van der Waals surface area contributed by atoms with Gasteiger partial charge in [0.2, 0.25) is 29.5 Å². The molecule has 0 aliphatic rings. The van der Waals surface area contributed by atoms with Crippen molar-refractivity contribution in [2.24, 2.45) is 11.7 Å². The lowest BCUT2D eigenvalue weighted by atomic mass is 9.97. The summed E-state index contributed by atoms with van der Waals surface area (Å²) in [6.07, 6.45) is -2.32. The minimum absolute atomic E-state index is 0.0419. The zero-order chi connectivity index (χ0) is 48.7. The number of phosphoric ester groups is 1. The molecule has 12 N–H and O–H groups in total. The number of phosphoric acid groups is 1. The maximum atomic E-state index is 13.9. The Morgan fingerprint density at radius 2 is 1.31 bits per heavy atom. The summed E-state index contributed by atoms with van der Waals surface area (Å²) >= 11 is 0. The van der Waals surface area contributed by atoms with Gasteiger partial charge in [0.1, 0.15) is 29.9 Å². The van der Waals surface area contributed by atoms with Crippen molar-refractivity contribution in [3.8, 4) is 5.75 Å². The normalized spacial score (nSPS) is 13.4. The van der Waals surface area contributed by atoms with E-state index in [0.29, 0.717) is 24.5 Å². The fourth-order valence-corrected chi connectivity index (χ4v) is 7.74. The Kier molecular flexibility index (Phi) is 24.0. The van der Waals surface area contributed by atoms with Crippen molar-refractivity contribution < 1.29 is 72.4 Å². The van der Waals surface area contributed by atoms with E-state index in [1.807, 2.05) is 0 Å². The Bertz CT molecular complexity index is 2030. The van der Waals surface area contributed by atoms with Crippen molar-refractivity contribution in [2.75, 3.05) is 31.1 Å². The third-order valence-electron chi connectivity index (χ3n) is 9.11. The van der Waals surface area contributed by atoms with Crippen LogP contribution in [0.2, 0.25) is 0 Å². The van der Waals surface area contributed by atoms with Crippen molar-refractivity contribution in [1.29, 1.82) is 0 Å². The number of carboxylic acid groups (broad SMARTS) is 2. The van der Waals surface area contributed by atoms with Crippen molar-refractivity contribution in [1.82, 2.24) is 31.9 Å². The summed E-state index contributed by atoms with van der Waals surface area (Å²) < 4.78 is 15.8. The van der Waals surface area contributed by atoms with Crippen LogP contribution in [0.25, 0.3) is 0 Å². The van der Waals surface area contributed by atoms with Gasteiger partial charge in [0.05, 0.1) is 11.5 Å². The van der Waals surface area contributed by atoms with Crippen LogP contribution in [0, 0.1) is 16.0 Å². The van der Waals surface area contributed by atoms with E-state index < -0.39 is 122 Å². The van der Waals surface area contributed by atoms with Gasteiger partial charge >= 0.3 is 19.8 Å². The predicted octanol–water partition coefficient (Wildman–Crippen LogP) is 0.210. The van der Waals surface area contributed by atoms with Gasteiger partial charge in [-0.2, -0.15) is 0 Å². The average Bonchev–Trinajstić information content (AvgIpc) is 3.25. The van der Waals surface area contributed by atoms with Gasteiger partial charge in [-0.1, -0.05) is 54.0 Å². The molecule has 5 atom stereocenters. The molecule has 0 aromatic heterocycles. The summed E-state index contributed by atoms with van der Waals surface area (Å²) in [7, 11) is -1.93. The molecule has 2 aromatic rings. The molecule has 2 aromatic carbocycles. The molecule has 0 unspecified atom stereocenters. The summed E-state index contributed by atoms with van der Waals surface area (Å²) in [5.74, 6) is -7.61. The zero-order valence-electron chi connectivity index (χ0n) is 35.3. The first kappa shape index (κ1) is 55.3. The van der Waals surface area contributed by atoms with Gasteiger partial charge in [-0.15, -0.1) is 0 Å². The van der Waals surface area contributed by atoms with E-state index in [1.54, 1.807) is 13.8 Å². The molecule has 0 fully saturated rings. The molecule has 0 saturated heterocycles. The maximum absolute atomic E-state index is 13.9. The van der Waals surface area contributed by atoms with Gasteiger partial charge in [-0.05, 0) is 48.6 Å². The molecule has 0 aliphatic heterocycles. The number of hydrogen-bond acceptors (Lipinski definition) is 15. The lowest BCUT2D eigenvalue weighted by molar-refractivity contribution is -0.384. The number of amides is 6. The van der Waals surface area contributed by atoms with Gasteiger partial charge in [0, 0.05) is 61.6 Å². The Morgan fingerprint density at radius 3 is 1.82 bits per heavy atom. The quantitative estimate of drug-likeness (QED) is 0.0164. The summed E-state index contributed by atoms with van der Waals surface area (Å²) in [6, 6.07) is 3.30. The lowest BCUT2D eigenvalue weighted by Crippen LogP contribution is -2.59. The Labute approximate surface area is 380 Å². The largest absolute Gasteiger partial charge is 0.524 e. The molecular formula is C38H53N8O16PS2. The third-order valence-corrected chi connectivity index (χ3v) is 12.0. The maximum Gasteiger partial charge on any atom is 0.524 e. The van der Waals surface area contributed by atoms with Crippen LogP contribution in [-0.2, 0) is 44.5 Å². The highest BCUT2D eigenvalue weighted by Crippen LogP contribution is 2.37. The molecule has 0 spiro atoms. The van der Waals surface area contributed by atoms with E-state index in [2.05, 4.69) is 36.4 Å². The van der Waals surface area contributed by atoms with Gasteiger partial charge in [0.15, 0.2) is 0 Å². The van der Waals surface area contributed by atoms with E-state index in [0.717, 1.165) is 36.4 Å². The number of carbonyl (C=O) groups is 8. The standard InChI is InChI=1S/C38H53N8O16PS2/c1-3-22(2)33(38(56)40-17-19-65-64-18-16-39)45-36(54)28(13-15-32(50)51)43-35(53)27(12-14-31(48)49)44-37(55)29(20-23-4-10-26(11-5-23)62-63(59,60)61)42-30(47)21-41-34(52)24-6-8-25(9-7-24)46(57)58/h4-11,22,27-29,33H,3,12-21,39H2,1-2H3,(H,40,56)(H,41,52)(H,42,47)(H,43,53)(H,44,55)(H,45,54)(H,48,49)(H,50,51)(H2,59,60,61)/t22-,27-,28-,29-,33-/m0/s1. The van der Waals surface area contributed by atoms with Crippen molar-refractivity contribution >= 4 is 82.5 Å². The molecule has 0 bridgehead atoms. The second-order valence-electron chi connectivity index (χ2n) is 14.1. The number of rotatable bonds is 30. The van der Waals surface area contributed by atoms with E-state index in [1.165, 1.54) is 33.7 Å². The second-order valence-corrected chi connectivity index (χ2v) is 18.0. The van der Waals surface area contributed by atoms with Crippen molar-refractivity contribution in [3.63, 3.8) is 0 Å². The predicted molar refractivity (Wildman–Crippen MR) is 236 cm³/mol. The molecule has 24 nitrogen and oxygen atoms in total. The number of carbonyl (C=O) groups excluding carboxylic acids is 6. The molecule has 358 valence electrons. The highest BCUT2D eigenvalue weighted by atomic mass is 33.1. The highest BCUT2D eigenvalue weighted by molar-refractivity contribution is 8.76. The summed E-state index contributed by atoms with van der Waals surface area (Å²) in [4.78, 5) is 132. The van der Waals surface area contributed by atoms with Crippen LogP contribution in [0.1, 0.15) is 61.9 Å². The topological polar surface area (TPSA) is 385 Å². The number of nitrogens with zero attached hydrogens (tertiary/aromatic N) is 1. The number of non-ortho nitro benzene ring substituents is 1. The molecule has 0 heterocycles. The number of benzene rings is 2. The van der Waals surface area contributed by atoms with E-state index in [4.69, 9.17) is 15.5 Å². The van der Waals surface area contributed by atoms with E-state index >= 15 is 0 Å². The van der Waals surface area contributed by atoms with Gasteiger partial charge in [0.25, 0.3) is 11.6 Å². The molecule has 0 aliphatic carbocycles. The fraction of sp³-hybridized carbons (Fsp3) is 0.474. The molecular weight excluding hydrogens is 920 g/mol. The molecule has 0 saturated carbocycles. The Hall–Kier alpha value is -5.79. The third kappa shape index (κ3) is 21.6. The molecule has 65 heavy (non-hydrogen) atoms. The number of aliphatic carboxylic acids is 2. The van der Waals surface area contributed by atoms with Crippen LogP contribution in [-0.4, -0.2) is 128 Å². The van der Waals surface area contributed by atoms with Crippen LogP contribution >= 0.6 is 29.4 Å². The smallest absolute Gasteiger partial charge is 0.481 e. The van der Waals surface area contributed by atoms with Crippen molar-refractivity contribution in [2.45, 2.75) is 76.5 Å². The lowest BCUT2D eigenvalue weighted by Gasteiger charge is -2.28. The number of carboxylic acids is 2. The number of nitrogens with one attached hydrogen (secondary N) is 6. The van der Waals surface area contributed by atoms with Crippen LogP contribution in [0.5, 0.6) is 5.75 Å². The van der Waals surface area contributed by atoms with E-state index in [9.17, 15) is 63.2 Å². The van der Waals surface area contributed by atoms with Gasteiger partial charge in [-0.3, -0.25) is 58.3 Å². The van der Waals surface area contributed by atoms with Crippen LogP contribution in [0.4, 0.5) is 5.69 Å². The van der Waals surface area contributed by atoms with Crippen LogP contribution in [0.3, 0.4) is 0 Å². The van der Waals surface area contributed by atoms with Gasteiger partial charge in [-0.25, -0.2) is 4.57 Å². The zero-order valence-corrected chi connectivity index (χ0v) is 37.8. The highest BCUT2D eigenvalue weighted by Gasteiger charge is 2.33. The van der Waals surface area contributed by atoms with Crippen molar-refractivity contribution in [3.05, 3.63) is 69.8 Å². The first-order valence-electron chi connectivity index (χ1n) is 19.9. The monoisotopic (exact) mass is 972 g/mol.